The van der Waals surface area contributed by atoms with Gasteiger partial charge in [0.15, 0.2) is 0 Å². The Hall–Kier alpha value is -1.61. The van der Waals surface area contributed by atoms with Crippen molar-refractivity contribution in [1.29, 1.82) is 0 Å². The minimum atomic E-state index is 0.503. The van der Waals surface area contributed by atoms with Crippen molar-refractivity contribution < 1.29 is 0 Å². The van der Waals surface area contributed by atoms with E-state index < -0.39 is 0 Å². The molecule has 3 rings (SSSR count). The lowest BCUT2D eigenvalue weighted by atomic mass is 9.95. The van der Waals surface area contributed by atoms with E-state index in [1.807, 2.05) is 12.4 Å². The fourth-order valence-electron chi connectivity index (χ4n) is 2.44. The van der Waals surface area contributed by atoms with E-state index in [1.165, 1.54) is 18.4 Å². The molecule has 1 unspecified atom stereocenters. The number of benzene rings is 1. The standard InChI is InChI=1S/C16H21N3/c1-19-10-9-17-16(19)11-14(12-18-15-7-8-15)13-5-3-2-4-6-13/h2-6,9-10,14-15,18H,7-8,11-12H2,1H3. The molecule has 1 fully saturated rings. The molecule has 1 aromatic heterocycles. The first-order valence-corrected chi connectivity index (χ1v) is 7.07. The second-order valence-corrected chi connectivity index (χ2v) is 5.45. The Balaban J connectivity index is 1.73. The number of aryl methyl sites for hydroxylation is 1. The van der Waals surface area contributed by atoms with Gasteiger partial charge in [-0.05, 0) is 18.4 Å². The summed E-state index contributed by atoms with van der Waals surface area (Å²) in [6, 6.07) is 11.5. The van der Waals surface area contributed by atoms with E-state index in [1.54, 1.807) is 0 Å². The van der Waals surface area contributed by atoms with E-state index in [9.17, 15) is 0 Å². The Morgan fingerprint density at radius 1 is 1.32 bits per heavy atom. The number of aromatic nitrogens is 2. The van der Waals surface area contributed by atoms with Crippen LogP contribution in [0.15, 0.2) is 42.7 Å². The van der Waals surface area contributed by atoms with Crippen LogP contribution >= 0.6 is 0 Å². The zero-order valence-electron chi connectivity index (χ0n) is 11.4. The fourth-order valence-corrected chi connectivity index (χ4v) is 2.44. The molecule has 19 heavy (non-hydrogen) atoms. The lowest BCUT2D eigenvalue weighted by molar-refractivity contribution is 0.558. The van der Waals surface area contributed by atoms with Gasteiger partial charge in [0.1, 0.15) is 5.82 Å². The smallest absolute Gasteiger partial charge is 0.109 e. The van der Waals surface area contributed by atoms with Gasteiger partial charge in [0.25, 0.3) is 0 Å². The van der Waals surface area contributed by atoms with Crippen molar-refractivity contribution in [2.75, 3.05) is 6.54 Å². The lowest BCUT2D eigenvalue weighted by Gasteiger charge is -2.18. The molecule has 1 heterocycles. The molecule has 0 bridgehead atoms. The number of hydrogen-bond acceptors (Lipinski definition) is 2. The van der Waals surface area contributed by atoms with Crippen molar-refractivity contribution in [3.05, 3.63) is 54.1 Å². The largest absolute Gasteiger partial charge is 0.338 e. The number of hydrogen-bond donors (Lipinski definition) is 1. The van der Waals surface area contributed by atoms with Crippen molar-refractivity contribution in [1.82, 2.24) is 14.9 Å². The Morgan fingerprint density at radius 2 is 2.11 bits per heavy atom. The van der Waals surface area contributed by atoms with Crippen molar-refractivity contribution >= 4 is 0 Å². The van der Waals surface area contributed by atoms with E-state index in [0.29, 0.717) is 5.92 Å². The third-order valence-electron chi connectivity index (χ3n) is 3.85. The second-order valence-electron chi connectivity index (χ2n) is 5.45. The van der Waals surface area contributed by atoms with Gasteiger partial charge in [0, 0.05) is 44.4 Å². The molecule has 0 aliphatic heterocycles. The molecule has 1 N–H and O–H groups in total. The van der Waals surface area contributed by atoms with Crippen LogP contribution in [0.4, 0.5) is 0 Å². The average Bonchev–Trinajstić information content (AvgIpc) is 3.19. The first-order valence-electron chi connectivity index (χ1n) is 7.07. The molecule has 1 aliphatic rings. The van der Waals surface area contributed by atoms with Gasteiger partial charge in [-0.3, -0.25) is 0 Å². The van der Waals surface area contributed by atoms with Gasteiger partial charge in [-0.1, -0.05) is 30.3 Å². The third-order valence-corrected chi connectivity index (χ3v) is 3.85. The minimum absolute atomic E-state index is 0.503. The van der Waals surface area contributed by atoms with Gasteiger partial charge in [-0.25, -0.2) is 4.98 Å². The van der Waals surface area contributed by atoms with Crippen LogP contribution in [0.3, 0.4) is 0 Å². The predicted octanol–water partition coefficient (Wildman–Crippen LogP) is 2.50. The molecule has 0 spiro atoms. The van der Waals surface area contributed by atoms with Crippen LogP contribution in [0, 0.1) is 0 Å². The zero-order valence-corrected chi connectivity index (χ0v) is 11.4. The molecule has 0 amide bonds. The number of imidazole rings is 1. The highest BCUT2D eigenvalue weighted by Gasteiger charge is 2.23. The zero-order chi connectivity index (χ0) is 13.1. The van der Waals surface area contributed by atoms with Crippen LogP contribution in [-0.2, 0) is 13.5 Å². The first-order chi connectivity index (χ1) is 9.33. The Bertz CT molecular complexity index is 514. The van der Waals surface area contributed by atoms with Crippen LogP contribution in [0.1, 0.15) is 30.1 Å². The lowest BCUT2D eigenvalue weighted by Crippen LogP contribution is -2.25. The van der Waals surface area contributed by atoms with E-state index in [-0.39, 0.29) is 0 Å². The van der Waals surface area contributed by atoms with E-state index in [2.05, 4.69) is 52.2 Å². The summed E-state index contributed by atoms with van der Waals surface area (Å²) in [5.74, 6) is 1.66. The Morgan fingerprint density at radius 3 is 2.74 bits per heavy atom. The molecule has 0 saturated heterocycles. The normalized spacial score (nSPS) is 16.5. The highest BCUT2D eigenvalue weighted by atomic mass is 15.0. The summed E-state index contributed by atoms with van der Waals surface area (Å²) in [4.78, 5) is 4.46. The molecule has 0 radical (unpaired) electrons. The Labute approximate surface area is 114 Å². The highest BCUT2D eigenvalue weighted by Crippen LogP contribution is 2.23. The number of nitrogens with one attached hydrogen (secondary N) is 1. The minimum Gasteiger partial charge on any atom is -0.338 e. The maximum absolute atomic E-state index is 4.46. The summed E-state index contributed by atoms with van der Waals surface area (Å²) in [5, 5.41) is 3.65. The molecule has 1 atom stereocenters. The van der Waals surface area contributed by atoms with E-state index in [0.717, 1.165) is 24.8 Å². The monoisotopic (exact) mass is 255 g/mol. The van der Waals surface area contributed by atoms with Crippen molar-refractivity contribution in [2.45, 2.75) is 31.2 Å². The summed E-state index contributed by atoms with van der Waals surface area (Å²) in [6.45, 7) is 1.04. The quantitative estimate of drug-likeness (QED) is 0.859. The molecule has 3 heteroatoms. The molecule has 1 saturated carbocycles. The van der Waals surface area contributed by atoms with Gasteiger partial charge >= 0.3 is 0 Å². The molecule has 1 aliphatic carbocycles. The Kier molecular flexibility index (Phi) is 3.65. The topological polar surface area (TPSA) is 29.9 Å². The van der Waals surface area contributed by atoms with Gasteiger partial charge in [0.2, 0.25) is 0 Å². The van der Waals surface area contributed by atoms with E-state index in [4.69, 9.17) is 0 Å². The summed E-state index contributed by atoms with van der Waals surface area (Å²) in [7, 11) is 2.07. The van der Waals surface area contributed by atoms with Crippen LogP contribution in [0.2, 0.25) is 0 Å². The molecule has 3 nitrogen and oxygen atoms in total. The van der Waals surface area contributed by atoms with Crippen LogP contribution < -0.4 is 5.32 Å². The van der Waals surface area contributed by atoms with Crippen molar-refractivity contribution in [3.8, 4) is 0 Å². The van der Waals surface area contributed by atoms with Gasteiger partial charge < -0.3 is 9.88 Å². The summed E-state index contributed by atoms with van der Waals surface area (Å²) in [6.07, 6.45) is 7.57. The highest BCUT2D eigenvalue weighted by molar-refractivity contribution is 5.21. The van der Waals surface area contributed by atoms with Gasteiger partial charge in [-0.2, -0.15) is 0 Å². The predicted molar refractivity (Wildman–Crippen MR) is 77.1 cm³/mol. The molecular weight excluding hydrogens is 234 g/mol. The van der Waals surface area contributed by atoms with Crippen molar-refractivity contribution in [2.24, 2.45) is 7.05 Å². The summed E-state index contributed by atoms with van der Waals surface area (Å²) >= 11 is 0. The van der Waals surface area contributed by atoms with E-state index >= 15 is 0 Å². The molecular formula is C16H21N3. The van der Waals surface area contributed by atoms with Crippen LogP contribution in [-0.4, -0.2) is 22.1 Å². The first kappa shape index (κ1) is 12.4. The van der Waals surface area contributed by atoms with Gasteiger partial charge in [-0.15, -0.1) is 0 Å². The van der Waals surface area contributed by atoms with Crippen LogP contribution in [0.5, 0.6) is 0 Å². The molecule has 2 aromatic rings. The molecule has 1 aromatic carbocycles. The van der Waals surface area contributed by atoms with Crippen molar-refractivity contribution in [3.63, 3.8) is 0 Å². The summed E-state index contributed by atoms with van der Waals surface area (Å²) in [5.41, 5.74) is 1.40. The molecule has 100 valence electrons. The maximum atomic E-state index is 4.46. The SMILES string of the molecule is Cn1ccnc1CC(CNC1CC1)c1ccccc1. The third kappa shape index (κ3) is 3.24. The maximum Gasteiger partial charge on any atom is 0.109 e. The van der Waals surface area contributed by atoms with Gasteiger partial charge in [0.05, 0.1) is 0 Å². The number of rotatable bonds is 6. The average molecular weight is 255 g/mol. The number of nitrogens with zero attached hydrogens (tertiary/aromatic N) is 2. The second kappa shape index (κ2) is 5.57. The van der Waals surface area contributed by atoms with Crippen LogP contribution in [0.25, 0.3) is 0 Å². The fraction of sp³-hybridized carbons (Fsp3) is 0.438. The summed E-state index contributed by atoms with van der Waals surface area (Å²) < 4.78 is 2.12.